The van der Waals surface area contributed by atoms with Crippen LogP contribution in [0.5, 0.6) is 0 Å². The lowest BCUT2D eigenvalue weighted by molar-refractivity contribution is -0.140. The van der Waals surface area contributed by atoms with Crippen LogP contribution in [-0.2, 0) is 16.6 Å². The van der Waals surface area contributed by atoms with Gasteiger partial charge in [-0.1, -0.05) is 17.7 Å². The lowest BCUT2D eigenvalue weighted by atomic mass is 10.2. The highest BCUT2D eigenvalue weighted by atomic mass is 32.2. The number of aromatic nitrogens is 2. The first-order valence-electron chi connectivity index (χ1n) is 6.29. The summed E-state index contributed by atoms with van der Waals surface area (Å²) in [5, 5.41) is 0. The summed E-state index contributed by atoms with van der Waals surface area (Å²) in [6, 6.07) is 5.73. The maximum absolute atomic E-state index is 12.2. The first-order valence-corrected chi connectivity index (χ1v) is 7.77. The third-order valence-electron chi connectivity index (χ3n) is 2.79. The van der Waals surface area contributed by atoms with Crippen molar-refractivity contribution in [1.82, 2.24) is 14.3 Å². The smallest absolute Gasteiger partial charge is 0.328 e. The number of imidazole rings is 1. The van der Waals surface area contributed by atoms with Crippen molar-refractivity contribution < 1.29 is 26.4 Å². The number of hydrogen-bond acceptors (Lipinski definition) is 4. The van der Waals surface area contributed by atoms with E-state index in [9.17, 15) is 26.4 Å². The number of carbonyl (C=O) groups is 1. The SMILES string of the molecule is Cc1ccc(S(=O)(=O)NC(=O)c2cn(CC(F)(F)F)cn2)cc1. The highest BCUT2D eigenvalue weighted by molar-refractivity contribution is 7.90. The van der Waals surface area contributed by atoms with Gasteiger partial charge in [0.25, 0.3) is 15.9 Å². The zero-order chi connectivity index (χ0) is 17.3. The summed E-state index contributed by atoms with van der Waals surface area (Å²) in [4.78, 5) is 15.2. The quantitative estimate of drug-likeness (QED) is 0.916. The molecule has 0 aliphatic carbocycles. The molecule has 1 heterocycles. The second-order valence-corrected chi connectivity index (χ2v) is 6.48. The van der Waals surface area contributed by atoms with Gasteiger partial charge in [-0.3, -0.25) is 4.79 Å². The molecule has 0 fully saturated rings. The van der Waals surface area contributed by atoms with Gasteiger partial charge in [0.1, 0.15) is 12.2 Å². The second kappa shape index (κ2) is 6.03. The van der Waals surface area contributed by atoms with Crippen LogP contribution in [0.25, 0.3) is 0 Å². The molecule has 1 aromatic heterocycles. The molecular formula is C13H12F3N3O3S. The molecule has 1 aromatic carbocycles. The fourth-order valence-electron chi connectivity index (χ4n) is 1.72. The van der Waals surface area contributed by atoms with Gasteiger partial charge in [-0.05, 0) is 19.1 Å². The van der Waals surface area contributed by atoms with Crippen molar-refractivity contribution in [1.29, 1.82) is 0 Å². The Morgan fingerprint density at radius 3 is 2.43 bits per heavy atom. The van der Waals surface area contributed by atoms with Crippen LogP contribution in [-0.4, -0.2) is 30.1 Å². The summed E-state index contributed by atoms with van der Waals surface area (Å²) in [5.41, 5.74) is 0.408. The molecule has 0 saturated carbocycles. The Hall–Kier alpha value is -2.36. The van der Waals surface area contributed by atoms with E-state index in [0.717, 1.165) is 18.1 Å². The van der Waals surface area contributed by atoms with E-state index >= 15 is 0 Å². The number of benzene rings is 1. The number of carbonyl (C=O) groups excluding carboxylic acids is 1. The van der Waals surface area contributed by atoms with Crippen LogP contribution in [0.15, 0.2) is 41.7 Å². The Morgan fingerprint density at radius 2 is 1.87 bits per heavy atom. The fourth-order valence-corrected chi connectivity index (χ4v) is 2.68. The van der Waals surface area contributed by atoms with Crippen LogP contribution in [0.3, 0.4) is 0 Å². The van der Waals surface area contributed by atoms with Crippen molar-refractivity contribution in [3.05, 3.63) is 48.0 Å². The van der Waals surface area contributed by atoms with Crippen LogP contribution in [0.4, 0.5) is 13.2 Å². The van der Waals surface area contributed by atoms with Crippen LogP contribution in [0.2, 0.25) is 0 Å². The zero-order valence-electron chi connectivity index (χ0n) is 11.8. The van der Waals surface area contributed by atoms with E-state index in [0.29, 0.717) is 4.57 Å². The van der Waals surface area contributed by atoms with Gasteiger partial charge in [-0.25, -0.2) is 18.1 Å². The molecule has 0 aliphatic heterocycles. The molecule has 10 heteroatoms. The van der Waals surface area contributed by atoms with Gasteiger partial charge >= 0.3 is 6.18 Å². The van der Waals surface area contributed by atoms with Crippen molar-refractivity contribution in [2.75, 3.05) is 0 Å². The Balaban J connectivity index is 2.14. The molecule has 2 rings (SSSR count). The predicted octanol–water partition coefficient (Wildman–Crippen LogP) is 1.87. The number of sulfonamides is 1. The van der Waals surface area contributed by atoms with Crippen molar-refractivity contribution in [2.24, 2.45) is 0 Å². The summed E-state index contributed by atoms with van der Waals surface area (Å²) in [5.74, 6) is -1.11. The fraction of sp³-hybridized carbons (Fsp3) is 0.231. The molecule has 23 heavy (non-hydrogen) atoms. The molecule has 0 bridgehead atoms. The molecule has 124 valence electrons. The van der Waals surface area contributed by atoms with E-state index in [-0.39, 0.29) is 4.90 Å². The Morgan fingerprint density at radius 1 is 1.26 bits per heavy atom. The number of nitrogens with zero attached hydrogens (tertiary/aromatic N) is 2. The van der Waals surface area contributed by atoms with E-state index in [4.69, 9.17) is 0 Å². The number of rotatable bonds is 4. The van der Waals surface area contributed by atoms with Gasteiger partial charge < -0.3 is 4.57 Å². The molecule has 6 nitrogen and oxygen atoms in total. The number of hydrogen-bond donors (Lipinski definition) is 1. The molecule has 0 aliphatic rings. The molecule has 0 spiro atoms. The Labute approximate surface area is 130 Å². The maximum Gasteiger partial charge on any atom is 0.406 e. The monoisotopic (exact) mass is 347 g/mol. The van der Waals surface area contributed by atoms with Crippen LogP contribution >= 0.6 is 0 Å². The zero-order valence-corrected chi connectivity index (χ0v) is 12.6. The normalized spacial score (nSPS) is 12.2. The lowest BCUT2D eigenvalue weighted by Gasteiger charge is -2.06. The van der Waals surface area contributed by atoms with Crippen LogP contribution < -0.4 is 4.72 Å². The summed E-state index contributed by atoms with van der Waals surface area (Å²) < 4.78 is 63.1. The topological polar surface area (TPSA) is 81.1 Å². The highest BCUT2D eigenvalue weighted by Crippen LogP contribution is 2.17. The molecule has 1 amide bonds. The van der Waals surface area contributed by atoms with Gasteiger partial charge in [0, 0.05) is 6.20 Å². The van der Waals surface area contributed by atoms with Gasteiger partial charge in [0.15, 0.2) is 0 Å². The summed E-state index contributed by atoms with van der Waals surface area (Å²) in [6.45, 7) is 0.445. The van der Waals surface area contributed by atoms with Crippen molar-refractivity contribution in [2.45, 2.75) is 24.5 Å². The number of alkyl halides is 3. The van der Waals surface area contributed by atoms with E-state index in [2.05, 4.69) is 4.98 Å². The maximum atomic E-state index is 12.2. The Bertz CT molecular complexity index is 811. The van der Waals surface area contributed by atoms with Crippen LogP contribution in [0, 0.1) is 6.92 Å². The van der Waals surface area contributed by atoms with Gasteiger partial charge in [0.05, 0.1) is 11.2 Å². The standard InChI is InChI=1S/C13H12F3N3O3S/c1-9-2-4-10(5-3-9)23(21,22)18-12(20)11-6-19(8-17-11)7-13(14,15)16/h2-6,8H,7H2,1H3,(H,18,20). The molecule has 1 N–H and O–H groups in total. The second-order valence-electron chi connectivity index (χ2n) is 4.79. The third-order valence-corrected chi connectivity index (χ3v) is 4.13. The van der Waals surface area contributed by atoms with E-state index in [1.165, 1.54) is 12.1 Å². The Kier molecular flexibility index (Phi) is 4.46. The average Bonchev–Trinajstić information content (AvgIpc) is 2.85. The van der Waals surface area contributed by atoms with Crippen molar-refractivity contribution >= 4 is 15.9 Å². The minimum atomic E-state index is -4.47. The largest absolute Gasteiger partial charge is 0.406 e. The number of amides is 1. The molecular weight excluding hydrogens is 335 g/mol. The summed E-state index contributed by atoms with van der Waals surface area (Å²) in [6.07, 6.45) is -2.84. The van der Waals surface area contributed by atoms with Gasteiger partial charge in [-0.2, -0.15) is 13.2 Å². The van der Waals surface area contributed by atoms with Gasteiger partial charge in [0.2, 0.25) is 0 Å². The van der Waals surface area contributed by atoms with Crippen LogP contribution in [0.1, 0.15) is 16.1 Å². The third kappa shape index (κ3) is 4.55. The van der Waals surface area contributed by atoms with Gasteiger partial charge in [-0.15, -0.1) is 0 Å². The number of nitrogens with one attached hydrogen (secondary N) is 1. The minimum absolute atomic E-state index is 0.133. The first kappa shape index (κ1) is 17.0. The predicted molar refractivity (Wildman–Crippen MR) is 74.1 cm³/mol. The number of halogens is 3. The number of aryl methyl sites for hydroxylation is 1. The first-order chi connectivity index (χ1) is 10.6. The molecule has 0 unspecified atom stereocenters. The van der Waals surface area contributed by atoms with Crippen molar-refractivity contribution in [3.63, 3.8) is 0 Å². The molecule has 0 atom stereocenters. The molecule has 2 aromatic rings. The minimum Gasteiger partial charge on any atom is -0.328 e. The molecule has 0 radical (unpaired) electrons. The summed E-state index contributed by atoms with van der Waals surface area (Å²) >= 11 is 0. The van der Waals surface area contributed by atoms with E-state index in [1.54, 1.807) is 23.8 Å². The van der Waals surface area contributed by atoms with Crippen molar-refractivity contribution in [3.8, 4) is 0 Å². The summed E-state index contributed by atoms with van der Waals surface area (Å²) in [7, 11) is -4.12. The van der Waals surface area contributed by atoms with E-state index in [1.807, 2.05) is 0 Å². The lowest BCUT2D eigenvalue weighted by Crippen LogP contribution is -2.30. The highest BCUT2D eigenvalue weighted by Gasteiger charge is 2.28. The molecule has 0 saturated heterocycles. The average molecular weight is 347 g/mol. The van der Waals surface area contributed by atoms with E-state index < -0.39 is 34.3 Å².